The van der Waals surface area contributed by atoms with Gasteiger partial charge in [-0.05, 0) is 49.9 Å². The predicted octanol–water partition coefficient (Wildman–Crippen LogP) is 3.72. The summed E-state index contributed by atoms with van der Waals surface area (Å²) >= 11 is 7.15. The molecular formula is C14H16N2OS2. The van der Waals surface area contributed by atoms with Crippen LogP contribution in [0.25, 0.3) is 10.2 Å². The molecule has 0 bridgehead atoms. The Morgan fingerprint density at radius 3 is 2.79 bits per heavy atom. The molecule has 0 radical (unpaired) electrons. The molecule has 0 aliphatic heterocycles. The van der Waals surface area contributed by atoms with Gasteiger partial charge in [0.05, 0.1) is 5.39 Å². The molecule has 3 nitrogen and oxygen atoms in total. The third-order valence-corrected chi connectivity index (χ3v) is 5.99. The number of nitrogens with one attached hydrogen (secondary N) is 1. The lowest BCUT2D eigenvalue weighted by Crippen LogP contribution is -2.25. The largest absolute Gasteiger partial charge is 0.323 e. The number of rotatable bonds is 1. The molecule has 0 saturated heterocycles. The Morgan fingerprint density at radius 1 is 1.21 bits per heavy atom. The van der Waals surface area contributed by atoms with Crippen molar-refractivity contribution in [3.8, 4) is 0 Å². The van der Waals surface area contributed by atoms with Gasteiger partial charge in [-0.2, -0.15) is 0 Å². The summed E-state index contributed by atoms with van der Waals surface area (Å²) in [6.45, 7) is 0. The molecule has 5 heteroatoms. The number of thiophene rings is 1. The molecule has 0 atom stereocenters. The van der Waals surface area contributed by atoms with E-state index in [4.69, 9.17) is 12.2 Å². The van der Waals surface area contributed by atoms with Crippen molar-refractivity contribution in [1.82, 2.24) is 9.55 Å². The van der Waals surface area contributed by atoms with Gasteiger partial charge in [-0.25, -0.2) is 0 Å². The minimum atomic E-state index is 0.157. The van der Waals surface area contributed by atoms with E-state index in [1.54, 1.807) is 11.3 Å². The number of H-pyrrole nitrogens is 1. The van der Waals surface area contributed by atoms with Gasteiger partial charge in [-0.3, -0.25) is 9.36 Å². The van der Waals surface area contributed by atoms with E-state index in [0.29, 0.717) is 10.8 Å². The van der Waals surface area contributed by atoms with E-state index in [0.717, 1.165) is 35.9 Å². The maximum atomic E-state index is 12.8. The van der Waals surface area contributed by atoms with Crippen LogP contribution in [0.2, 0.25) is 0 Å². The lowest BCUT2D eigenvalue weighted by atomic mass is 10.2. The number of nitrogens with zero attached hydrogens (tertiary/aromatic N) is 1. The zero-order valence-corrected chi connectivity index (χ0v) is 12.3. The lowest BCUT2D eigenvalue weighted by Gasteiger charge is -2.13. The summed E-state index contributed by atoms with van der Waals surface area (Å²) < 4.78 is 2.47. The average Bonchev–Trinajstić information content (AvgIpc) is 3.02. The molecule has 2 aliphatic carbocycles. The molecule has 1 fully saturated rings. The topological polar surface area (TPSA) is 37.8 Å². The van der Waals surface area contributed by atoms with Crippen molar-refractivity contribution in [3.63, 3.8) is 0 Å². The van der Waals surface area contributed by atoms with Crippen LogP contribution in [0.5, 0.6) is 0 Å². The van der Waals surface area contributed by atoms with E-state index in [1.165, 1.54) is 29.7 Å². The molecule has 2 aromatic rings. The molecule has 2 aromatic heterocycles. The van der Waals surface area contributed by atoms with Crippen molar-refractivity contribution in [1.29, 1.82) is 0 Å². The summed E-state index contributed by atoms with van der Waals surface area (Å²) in [7, 11) is 0. The summed E-state index contributed by atoms with van der Waals surface area (Å²) in [6, 6.07) is 0.317. The fourth-order valence-electron chi connectivity index (χ4n) is 3.58. The predicted molar refractivity (Wildman–Crippen MR) is 80.8 cm³/mol. The van der Waals surface area contributed by atoms with Crippen LogP contribution in [0.1, 0.15) is 48.6 Å². The van der Waals surface area contributed by atoms with E-state index in [1.807, 2.05) is 4.57 Å². The Labute approximate surface area is 120 Å². The number of aryl methyl sites for hydroxylation is 2. The zero-order chi connectivity index (χ0) is 13.0. The molecule has 1 saturated carbocycles. The van der Waals surface area contributed by atoms with Crippen LogP contribution < -0.4 is 5.56 Å². The number of fused-ring (bicyclic) bond motifs is 3. The highest BCUT2D eigenvalue weighted by Gasteiger charge is 2.25. The summed E-state index contributed by atoms with van der Waals surface area (Å²) in [6.07, 6.45) is 7.98. The quantitative estimate of drug-likeness (QED) is 0.813. The normalized spacial score (nSPS) is 19.4. The minimum absolute atomic E-state index is 0.157. The molecule has 4 rings (SSSR count). The van der Waals surface area contributed by atoms with E-state index in [2.05, 4.69) is 4.98 Å². The Kier molecular flexibility index (Phi) is 2.67. The Bertz CT molecular complexity index is 762. The fourth-order valence-corrected chi connectivity index (χ4v) is 5.26. The van der Waals surface area contributed by atoms with Gasteiger partial charge < -0.3 is 4.98 Å². The monoisotopic (exact) mass is 292 g/mol. The molecule has 19 heavy (non-hydrogen) atoms. The van der Waals surface area contributed by atoms with Crippen molar-refractivity contribution < 1.29 is 0 Å². The number of hydrogen-bond donors (Lipinski definition) is 1. The van der Waals surface area contributed by atoms with Crippen molar-refractivity contribution in [2.75, 3.05) is 0 Å². The van der Waals surface area contributed by atoms with Gasteiger partial charge in [-0.15, -0.1) is 11.3 Å². The molecule has 0 amide bonds. The van der Waals surface area contributed by atoms with Crippen LogP contribution in [-0.2, 0) is 12.8 Å². The van der Waals surface area contributed by atoms with E-state index >= 15 is 0 Å². The van der Waals surface area contributed by atoms with E-state index in [9.17, 15) is 4.79 Å². The maximum absolute atomic E-state index is 12.8. The maximum Gasteiger partial charge on any atom is 0.263 e. The van der Waals surface area contributed by atoms with Gasteiger partial charge in [0.1, 0.15) is 4.83 Å². The summed E-state index contributed by atoms with van der Waals surface area (Å²) in [5.41, 5.74) is 1.45. The van der Waals surface area contributed by atoms with Gasteiger partial charge in [0, 0.05) is 10.9 Å². The lowest BCUT2D eigenvalue weighted by molar-refractivity contribution is 0.493. The number of aromatic amines is 1. The highest BCUT2D eigenvalue weighted by Crippen LogP contribution is 2.35. The third kappa shape index (κ3) is 1.68. The van der Waals surface area contributed by atoms with Crippen molar-refractivity contribution in [2.24, 2.45) is 0 Å². The molecule has 2 heterocycles. The first-order valence-electron chi connectivity index (χ1n) is 7.05. The Morgan fingerprint density at radius 2 is 2.00 bits per heavy atom. The number of aromatic nitrogens is 2. The summed E-state index contributed by atoms with van der Waals surface area (Å²) in [4.78, 5) is 18.5. The van der Waals surface area contributed by atoms with Crippen LogP contribution in [0, 0.1) is 4.77 Å². The van der Waals surface area contributed by atoms with Crippen molar-refractivity contribution >= 4 is 33.8 Å². The fraction of sp³-hybridized carbons (Fsp3) is 0.571. The molecule has 1 N–H and O–H groups in total. The van der Waals surface area contributed by atoms with Crippen molar-refractivity contribution in [2.45, 2.75) is 51.0 Å². The van der Waals surface area contributed by atoms with E-state index < -0.39 is 0 Å². The first-order chi connectivity index (χ1) is 9.25. The summed E-state index contributed by atoms with van der Waals surface area (Å²) in [5, 5.41) is 0.929. The molecule has 100 valence electrons. The SMILES string of the molecule is O=c1c2c3c(sc2[nH]c(=S)n1C1CCCC1)CCC3. The standard InChI is InChI=1S/C14H16N2OS2/c17-13-11-9-6-3-7-10(9)19-12(11)15-14(18)16(13)8-4-1-2-5-8/h8H,1-7H2,(H,15,18). The second kappa shape index (κ2) is 4.28. The molecule has 0 spiro atoms. The van der Waals surface area contributed by atoms with Gasteiger partial charge >= 0.3 is 0 Å². The van der Waals surface area contributed by atoms with Gasteiger partial charge in [0.15, 0.2) is 4.77 Å². The van der Waals surface area contributed by atoms with Crippen LogP contribution in [0.15, 0.2) is 4.79 Å². The average molecular weight is 292 g/mol. The van der Waals surface area contributed by atoms with Crippen molar-refractivity contribution in [3.05, 3.63) is 25.6 Å². The molecular weight excluding hydrogens is 276 g/mol. The molecule has 0 aromatic carbocycles. The van der Waals surface area contributed by atoms with Crippen LogP contribution >= 0.6 is 23.6 Å². The minimum Gasteiger partial charge on any atom is -0.323 e. The Hall–Kier alpha value is -0.940. The Balaban J connectivity index is 2.04. The van der Waals surface area contributed by atoms with Gasteiger partial charge in [0.2, 0.25) is 0 Å². The van der Waals surface area contributed by atoms with E-state index in [-0.39, 0.29) is 5.56 Å². The van der Waals surface area contributed by atoms with Crippen LogP contribution in [0.4, 0.5) is 0 Å². The summed E-state index contributed by atoms with van der Waals surface area (Å²) in [5.74, 6) is 0. The number of hydrogen-bond acceptors (Lipinski definition) is 3. The first-order valence-corrected chi connectivity index (χ1v) is 8.27. The third-order valence-electron chi connectivity index (χ3n) is 4.48. The van der Waals surface area contributed by atoms with Gasteiger partial charge in [0.25, 0.3) is 5.56 Å². The highest BCUT2D eigenvalue weighted by atomic mass is 32.1. The highest BCUT2D eigenvalue weighted by molar-refractivity contribution is 7.71. The first kappa shape index (κ1) is 11.9. The second-order valence-corrected chi connectivity index (χ2v) is 7.10. The zero-order valence-electron chi connectivity index (χ0n) is 10.7. The van der Waals surface area contributed by atoms with Gasteiger partial charge in [-0.1, -0.05) is 12.8 Å². The molecule has 0 unspecified atom stereocenters. The van der Waals surface area contributed by atoms with Crippen LogP contribution in [-0.4, -0.2) is 9.55 Å². The second-order valence-electron chi connectivity index (χ2n) is 5.61. The van der Waals surface area contributed by atoms with Crippen LogP contribution in [0.3, 0.4) is 0 Å². The smallest absolute Gasteiger partial charge is 0.263 e. The molecule has 2 aliphatic rings.